The van der Waals surface area contributed by atoms with Gasteiger partial charge in [0.05, 0.1) is 0 Å². The molecule has 0 aromatic heterocycles. The normalized spacial score (nSPS) is 11.0. The summed E-state index contributed by atoms with van der Waals surface area (Å²) in [6.07, 6.45) is 1.59. The van der Waals surface area contributed by atoms with Crippen LogP contribution in [0.3, 0.4) is 0 Å². The molecule has 1 amide bonds. The fourth-order valence-corrected chi connectivity index (χ4v) is 2.65. The molecule has 4 heteroatoms. The first kappa shape index (κ1) is 17.2. The van der Waals surface area contributed by atoms with Gasteiger partial charge in [0.25, 0.3) is 5.91 Å². The molecule has 26 heavy (non-hydrogen) atoms. The predicted molar refractivity (Wildman–Crippen MR) is 107 cm³/mol. The van der Waals surface area contributed by atoms with Gasteiger partial charge in [0, 0.05) is 25.5 Å². The van der Waals surface area contributed by atoms with E-state index in [0.717, 1.165) is 22.0 Å². The van der Waals surface area contributed by atoms with Crippen molar-refractivity contribution in [1.29, 1.82) is 5.26 Å². The molecular weight excluding hydrogens is 322 g/mol. The van der Waals surface area contributed by atoms with Crippen molar-refractivity contribution in [3.05, 3.63) is 77.9 Å². The molecule has 3 aromatic carbocycles. The quantitative estimate of drug-likeness (QED) is 0.563. The highest BCUT2D eigenvalue weighted by Gasteiger charge is 2.10. The molecule has 0 saturated heterocycles. The molecule has 0 heterocycles. The Kier molecular flexibility index (Phi) is 5.00. The average molecular weight is 341 g/mol. The molecule has 0 bridgehead atoms. The van der Waals surface area contributed by atoms with Crippen LogP contribution in [0.4, 0.5) is 11.4 Å². The molecule has 0 unspecified atom stereocenters. The summed E-state index contributed by atoms with van der Waals surface area (Å²) in [6.45, 7) is 0. The summed E-state index contributed by atoms with van der Waals surface area (Å²) < 4.78 is 0. The van der Waals surface area contributed by atoms with Gasteiger partial charge < -0.3 is 10.2 Å². The molecule has 0 atom stereocenters. The second-order valence-electron chi connectivity index (χ2n) is 6.17. The van der Waals surface area contributed by atoms with Gasteiger partial charge in [-0.2, -0.15) is 5.26 Å². The lowest BCUT2D eigenvalue weighted by atomic mass is 10.1. The molecule has 3 rings (SSSR count). The number of nitrogens with one attached hydrogen (secondary N) is 1. The van der Waals surface area contributed by atoms with E-state index >= 15 is 0 Å². The Hall–Kier alpha value is -3.58. The summed E-state index contributed by atoms with van der Waals surface area (Å²) in [4.78, 5) is 14.4. The molecule has 0 aliphatic heterocycles. The number of rotatable bonds is 4. The van der Waals surface area contributed by atoms with Gasteiger partial charge in [0.1, 0.15) is 11.6 Å². The van der Waals surface area contributed by atoms with Crippen LogP contribution in [0.15, 0.2) is 72.3 Å². The Balaban J connectivity index is 1.80. The number of nitrogens with zero attached hydrogens (tertiary/aromatic N) is 2. The minimum absolute atomic E-state index is 0.0655. The number of amides is 1. The zero-order valence-electron chi connectivity index (χ0n) is 14.7. The third-order valence-electron chi connectivity index (χ3n) is 4.09. The molecular formula is C22H19N3O. The van der Waals surface area contributed by atoms with Crippen LogP contribution in [0.2, 0.25) is 0 Å². The number of benzene rings is 3. The third kappa shape index (κ3) is 3.90. The van der Waals surface area contributed by atoms with Crippen LogP contribution < -0.4 is 10.2 Å². The van der Waals surface area contributed by atoms with Crippen LogP contribution in [-0.4, -0.2) is 20.0 Å². The van der Waals surface area contributed by atoms with E-state index in [0.29, 0.717) is 5.69 Å². The minimum atomic E-state index is -0.417. The van der Waals surface area contributed by atoms with E-state index in [1.807, 2.05) is 91.8 Å². The molecule has 4 nitrogen and oxygen atoms in total. The van der Waals surface area contributed by atoms with Crippen LogP contribution in [0.1, 0.15) is 5.56 Å². The van der Waals surface area contributed by atoms with Crippen molar-refractivity contribution in [3.8, 4) is 6.07 Å². The van der Waals surface area contributed by atoms with Crippen LogP contribution in [0.5, 0.6) is 0 Å². The number of hydrogen-bond donors (Lipinski definition) is 1. The lowest BCUT2D eigenvalue weighted by Gasteiger charge is -2.12. The number of carbonyl (C=O) groups excluding carboxylic acids is 1. The van der Waals surface area contributed by atoms with Crippen molar-refractivity contribution in [1.82, 2.24) is 0 Å². The zero-order chi connectivity index (χ0) is 18.5. The second kappa shape index (κ2) is 7.54. The van der Waals surface area contributed by atoms with Gasteiger partial charge in [-0.15, -0.1) is 0 Å². The minimum Gasteiger partial charge on any atom is -0.378 e. The molecule has 128 valence electrons. The number of fused-ring (bicyclic) bond motifs is 1. The van der Waals surface area contributed by atoms with Gasteiger partial charge >= 0.3 is 0 Å². The molecule has 0 radical (unpaired) electrons. The molecule has 0 aliphatic carbocycles. The fourth-order valence-electron chi connectivity index (χ4n) is 2.65. The predicted octanol–water partition coefficient (Wildman–Crippen LogP) is 4.45. The van der Waals surface area contributed by atoms with Crippen molar-refractivity contribution in [2.45, 2.75) is 0 Å². The Morgan fingerprint density at radius 1 is 1.00 bits per heavy atom. The highest BCUT2D eigenvalue weighted by Crippen LogP contribution is 2.20. The topological polar surface area (TPSA) is 56.1 Å². The lowest BCUT2D eigenvalue weighted by Crippen LogP contribution is -2.13. The van der Waals surface area contributed by atoms with Crippen LogP contribution >= 0.6 is 0 Å². The highest BCUT2D eigenvalue weighted by atomic mass is 16.1. The lowest BCUT2D eigenvalue weighted by molar-refractivity contribution is -0.112. The number of anilines is 2. The van der Waals surface area contributed by atoms with E-state index in [1.54, 1.807) is 6.08 Å². The standard InChI is InChI=1S/C22H19N3O/c1-25(2)21-11-7-16(8-12-21)13-19(15-23)22(26)24-20-10-9-17-5-3-4-6-18(17)14-20/h3-14H,1-2H3,(H,24,26)/b19-13+. The van der Waals surface area contributed by atoms with Gasteiger partial charge in [0.2, 0.25) is 0 Å². The summed E-state index contributed by atoms with van der Waals surface area (Å²) >= 11 is 0. The molecule has 1 N–H and O–H groups in total. The number of nitriles is 1. The average Bonchev–Trinajstić information content (AvgIpc) is 2.66. The van der Waals surface area contributed by atoms with Crippen LogP contribution in [0, 0.1) is 11.3 Å². The maximum atomic E-state index is 12.4. The van der Waals surface area contributed by atoms with Crippen molar-refractivity contribution >= 4 is 34.1 Å². The van der Waals surface area contributed by atoms with Crippen molar-refractivity contribution in [2.24, 2.45) is 0 Å². The maximum absolute atomic E-state index is 12.4. The van der Waals surface area contributed by atoms with E-state index in [9.17, 15) is 10.1 Å². The zero-order valence-corrected chi connectivity index (χ0v) is 14.7. The van der Waals surface area contributed by atoms with E-state index in [1.165, 1.54) is 0 Å². The monoisotopic (exact) mass is 341 g/mol. The van der Waals surface area contributed by atoms with Crippen LogP contribution in [0.25, 0.3) is 16.8 Å². The second-order valence-corrected chi connectivity index (χ2v) is 6.17. The van der Waals surface area contributed by atoms with E-state index < -0.39 is 5.91 Å². The Labute approximate surface area is 153 Å². The first-order valence-electron chi connectivity index (χ1n) is 8.26. The highest BCUT2D eigenvalue weighted by molar-refractivity contribution is 6.10. The largest absolute Gasteiger partial charge is 0.378 e. The van der Waals surface area contributed by atoms with Crippen molar-refractivity contribution < 1.29 is 4.79 Å². The molecule has 0 aliphatic rings. The number of hydrogen-bond acceptors (Lipinski definition) is 3. The summed E-state index contributed by atoms with van der Waals surface area (Å²) in [5, 5.41) is 14.3. The van der Waals surface area contributed by atoms with Crippen LogP contribution in [-0.2, 0) is 4.79 Å². The molecule has 0 spiro atoms. The van der Waals surface area contributed by atoms with Gasteiger partial charge in [-0.1, -0.05) is 42.5 Å². The maximum Gasteiger partial charge on any atom is 0.266 e. The van der Waals surface area contributed by atoms with E-state index in [-0.39, 0.29) is 5.57 Å². The van der Waals surface area contributed by atoms with Gasteiger partial charge in [-0.3, -0.25) is 4.79 Å². The first-order valence-corrected chi connectivity index (χ1v) is 8.26. The smallest absolute Gasteiger partial charge is 0.266 e. The Bertz CT molecular complexity index is 1010. The van der Waals surface area contributed by atoms with Gasteiger partial charge in [-0.25, -0.2) is 0 Å². The van der Waals surface area contributed by atoms with Gasteiger partial charge in [-0.05, 0) is 46.7 Å². The van der Waals surface area contributed by atoms with Gasteiger partial charge in [0.15, 0.2) is 0 Å². The van der Waals surface area contributed by atoms with Crippen molar-refractivity contribution in [3.63, 3.8) is 0 Å². The van der Waals surface area contributed by atoms with E-state index in [2.05, 4.69) is 5.32 Å². The summed E-state index contributed by atoms with van der Waals surface area (Å²) in [7, 11) is 3.92. The number of carbonyl (C=O) groups is 1. The third-order valence-corrected chi connectivity index (χ3v) is 4.09. The fraction of sp³-hybridized carbons (Fsp3) is 0.0909. The summed E-state index contributed by atoms with van der Waals surface area (Å²) in [5.74, 6) is -0.417. The van der Waals surface area contributed by atoms with Crippen molar-refractivity contribution in [2.75, 3.05) is 24.3 Å². The SMILES string of the molecule is CN(C)c1ccc(/C=C(\C#N)C(=O)Nc2ccc3ccccc3c2)cc1. The summed E-state index contributed by atoms with van der Waals surface area (Å²) in [6, 6.07) is 23.2. The molecule has 0 fully saturated rings. The first-order chi connectivity index (χ1) is 12.6. The Morgan fingerprint density at radius 3 is 2.35 bits per heavy atom. The molecule has 3 aromatic rings. The van der Waals surface area contributed by atoms with E-state index in [4.69, 9.17) is 0 Å². The Morgan fingerprint density at radius 2 is 1.69 bits per heavy atom. The summed E-state index contributed by atoms with van der Waals surface area (Å²) in [5.41, 5.74) is 2.59. The molecule has 0 saturated carbocycles.